The number of rotatable bonds is 7. The number of ketones is 1. The van der Waals surface area contributed by atoms with Crippen molar-refractivity contribution in [3.8, 4) is 0 Å². The number of aryl methyl sites for hydroxylation is 3. The zero-order valence-electron chi connectivity index (χ0n) is 13.2. The van der Waals surface area contributed by atoms with Crippen LogP contribution >= 0.6 is 15.9 Å². The molecule has 0 bridgehead atoms. The summed E-state index contributed by atoms with van der Waals surface area (Å²) in [6.07, 6.45) is 4.18. The summed E-state index contributed by atoms with van der Waals surface area (Å²) >= 11 is 3.45. The standard InChI is InChI=1S/C20H18BrNO2/c21-11-9-15-5-7-16(8-6-15)10-12-22-13-17-3-1-2-4-18(17)20(22)19(24)14-23/h1-8,13-14H,9-12H2. The van der Waals surface area contributed by atoms with E-state index in [-0.39, 0.29) is 0 Å². The van der Waals surface area contributed by atoms with Crippen molar-refractivity contribution in [2.24, 2.45) is 0 Å². The van der Waals surface area contributed by atoms with E-state index < -0.39 is 5.78 Å². The third kappa shape index (κ3) is 3.49. The molecule has 2 aromatic carbocycles. The van der Waals surface area contributed by atoms with Gasteiger partial charge in [0.2, 0.25) is 5.78 Å². The van der Waals surface area contributed by atoms with Crippen LogP contribution in [0.15, 0.2) is 54.7 Å². The van der Waals surface area contributed by atoms with E-state index in [1.54, 1.807) is 0 Å². The van der Waals surface area contributed by atoms with Gasteiger partial charge in [-0.05, 0) is 24.0 Å². The van der Waals surface area contributed by atoms with Crippen LogP contribution in [0.3, 0.4) is 0 Å². The number of aromatic nitrogens is 1. The van der Waals surface area contributed by atoms with Gasteiger partial charge in [-0.2, -0.15) is 0 Å². The SMILES string of the molecule is O=CC(=O)c1c2ccccc2cn1CCc1ccc(CCBr)cc1. The molecule has 1 heterocycles. The first-order chi connectivity index (χ1) is 11.7. The van der Waals surface area contributed by atoms with E-state index in [1.165, 1.54) is 11.1 Å². The molecule has 0 aliphatic carbocycles. The summed E-state index contributed by atoms with van der Waals surface area (Å²) in [5, 5.41) is 2.78. The van der Waals surface area contributed by atoms with Crippen molar-refractivity contribution >= 4 is 38.8 Å². The lowest BCUT2D eigenvalue weighted by atomic mass is 10.1. The van der Waals surface area contributed by atoms with Crippen LogP contribution in [0.1, 0.15) is 21.6 Å². The Labute approximate surface area is 149 Å². The average Bonchev–Trinajstić information content (AvgIpc) is 2.99. The summed E-state index contributed by atoms with van der Waals surface area (Å²) in [6, 6.07) is 16.2. The topological polar surface area (TPSA) is 39.1 Å². The third-order valence-corrected chi connectivity index (χ3v) is 4.58. The third-order valence-electron chi connectivity index (χ3n) is 4.19. The van der Waals surface area contributed by atoms with Gasteiger partial charge in [0.25, 0.3) is 0 Å². The Morgan fingerprint density at radius 3 is 2.33 bits per heavy atom. The first-order valence-electron chi connectivity index (χ1n) is 7.94. The molecule has 4 heteroatoms. The second kappa shape index (κ2) is 7.58. The number of Topliss-reactive ketones (excluding diaryl/α,β-unsaturated/α-hetero) is 1. The highest BCUT2D eigenvalue weighted by molar-refractivity contribution is 9.09. The molecular weight excluding hydrogens is 366 g/mol. The fraction of sp³-hybridized carbons (Fsp3) is 0.200. The predicted molar refractivity (Wildman–Crippen MR) is 100.0 cm³/mol. The van der Waals surface area contributed by atoms with Crippen molar-refractivity contribution in [1.82, 2.24) is 4.57 Å². The minimum atomic E-state index is -0.469. The molecule has 0 saturated carbocycles. The average molecular weight is 384 g/mol. The van der Waals surface area contributed by atoms with E-state index in [0.29, 0.717) is 18.5 Å². The van der Waals surface area contributed by atoms with Crippen LogP contribution in [-0.4, -0.2) is 22.0 Å². The van der Waals surface area contributed by atoms with Gasteiger partial charge in [-0.15, -0.1) is 0 Å². The molecule has 0 aliphatic rings. The number of fused-ring (bicyclic) bond motifs is 1. The Bertz CT molecular complexity index is 865. The number of aldehydes is 1. The molecule has 0 N–H and O–H groups in total. The smallest absolute Gasteiger partial charge is 0.242 e. The summed E-state index contributed by atoms with van der Waals surface area (Å²) in [6.45, 7) is 0.668. The van der Waals surface area contributed by atoms with E-state index in [0.717, 1.165) is 28.9 Å². The van der Waals surface area contributed by atoms with Crippen molar-refractivity contribution in [3.63, 3.8) is 0 Å². The van der Waals surface area contributed by atoms with Crippen molar-refractivity contribution in [2.45, 2.75) is 19.4 Å². The van der Waals surface area contributed by atoms with Gasteiger partial charge < -0.3 is 4.57 Å². The molecule has 0 fully saturated rings. The molecule has 1 aromatic heterocycles. The van der Waals surface area contributed by atoms with Gasteiger partial charge in [0.1, 0.15) is 5.69 Å². The monoisotopic (exact) mass is 383 g/mol. The number of carbonyl (C=O) groups excluding carboxylic acids is 2. The molecule has 122 valence electrons. The van der Waals surface area contributed by atoms with E-state index in [4.69, 9.17) is 0 Å². The normalized spacial score (nSPS) is 10.9. The van der Waals surface area contributed by atoms with Gasteiger partial charge >= 0.3 is 0 Å². The fourth-order valence-corrected chi connectivity index (χ4v) is 3.41. The molecule has 0 amide bonds. The summed E-state index contributed by atoms with van der Waals surface area (Å²) in [5.41, 5.74) is 3.01. The van der Waals surface area contributed by atoms with E-state index in [2.05, 4.69) is 40.2 Å². The molecule has 3 nitrogen and oxygen atoms in total. The number of carbonyl (C=O) groups is 2. The molecular formula is C20H18BrNO2. The Kier molecular flexibility index (Phi) is 5.26. The first kappa shape index (κ1) is 16.7. The number of nitrogens with zero attached hydrogens (tertiary/aromatic N) is 1. The van der Waals surface area contributed by atoms with Crippen molar-refractivity contribution in [3.05, 3.63) is 71.5 Å². The summed E-state index contributed by atoms with van der Waals surface area (Å²) in [4.78, 5) is 23.0. The lowest BCUT2D eigenvalue weighted by molar-refractivity contribution is -0.104. The second-order valence-corrected chi connectivity index (χ2v) is 6.54. The van der Waals surface area contributed by atoms with Crippen LogP contribution < -0.4 is 0 Å². The Morgan fingerprint density at radius 1 is 1.00 bits per heavy atom. The maximum absolute atomic E-state index is 12.0. The summed E-state index contributed by atoms with van der Waals surface area (Å²) < 4.78 is 1.90. The lowest BCUT2D eigenvalue weighted by Gasteiger charge is -2.08. The molecule has 0 saturated heterocycles. The number of benzene rings is 2. The highest BCUT2D eigenvalue weighted by atomic mass is 79.9. The molecule has 0 atom stereocenters. The highest BCUT2D eigenvalue weighted by Crippen LogP contribution is 2.22. The van der Waals surface area contributed by atoms with Crippen LogP contribution in [0.5, 0.6) is 0 Å². The zero-order chi connectivity index (χ0) is 16.9. The van der Waals surface area contributed by atoms with E-state index in [1.807, 2.05) is 35.0 Å². The first-order valence-corrected chi connectivity index (χ1v) is 9.06. The minimum absolute atomic E-state index is 0.396. The largest absolute Gasteiger partial charge is 0.343 e. The van der Waals surface area contributed by atoms with Gasteiger partial charge in [0.05, 0.1) is 0 Å². The van der Waals surface area contributed by atoms with Gasteiger partial charge in [0.15, 0.2) is 6.29 Å². The highest BCUT2D eigenvalue weighted by Gasteiger charge is 2.15. The van der Waals surface area contributed by atoms with Crippen LogP contribution in [0.2, 0.25) is 0 Å². The van der Waals surface area contributed by atoms with Gasteiger partial charge in [-0.25, -0.2) is 0 Å². The number of alkyl halides is 1. The molecule has 0 spiro atoms. The molecule has 24 heavy (non-hydrogen) atoms. The van der Waals surface area contributed by atoms with Crippen LogP contribution in [0, 0.1) is 0 Å². The van der Waals surface area contributed by atoms with Crippen molar-refractivity contribution in [2.75, 3.05) is 5.33 Å². The Balaban J connectivity index is 1.84. The van der Waals surface area contributed by atoms with Crippen LogP contribution in [-0.2, 0) is 24.2 Å². The number of hydrogen-bond donors (Lipinski definition) is 0. The molecule has 0 radical (unpaired) electrons. The zero-order valence-corrected chi connectivity index (χ0v) is 14.8. The number of halogens is 1. The quantitative estimate of drug-likeness (QED) is 0.265. The van der Waals surface area contributed by atoms with Gasteiger partial charge in [-0.1, -0.05) is 64.5 Å². The second-order valence-electron chi connectivity index (χ2n) is 5.75. The molecule has 0 unspecified atom stereocenters. The molecule has 3 aromatic rings. The lowest BCUT2D eigenvalue weighted by Crippen LogP contribution is -2.11. The molecule has 3 rings (SSSR count). The fourth-order valence-electron chi connectivity index (χ4n) is 2.95. The maximum atomic E-state index is 12.0. The minimum Gasteiger partial charge on any atom is -0.343 e. The summed E-state index contributed by atoms with van der Waals surface area (Å²) in [5.74, 6) is -0.469. The van der Waals surface area contributed by atoms with E-state index >= 15 is 0 Å². The molecule has 0 aliphatic heterocycles. The summed E-state index contributed by atoms with van der Waals surface area (Å²) in [7, 11) is 0. The van der Waals surface area contributed by atoms with Crippen LogP contribution in [0.4, 0.5) is 0 Å². The van der Waals surface area contributed by atoms with Crippen molar-refractivity contribution in [1.29, 1.82) is 0 Å². The van der Waals surface area contributed by atoms with Gasteiger partial charge in [0, 0.05) is 28.8 Å². The Hall–Kier alpha value is -2.20. The van der Waals surface area contributed by atoms with Gasteiger partial charge in [-0.3, -0.25) is 9.59 Å². The van der Waals surface area contributed by atoms with E-state index in [9.17, 15) is 9.59 Å². The maximum Gasteiger partial charge on any atom is 0.242 e. The Morgan fingerprint density at radius 2 is 1.67 bits per heavy atom. The van der Waals surface area contributed by atoms with Crippen LogP contribution in [0.25, 0.3) is 10.8 Å². The van der Waals surface area contributed by atoms with Crippen molar-refractivity contribution < 1.29 is 9.59 Å². The predicted octanol–water partition coefficient (Wildman–Crippen LogP) is 4.20. The number of hydrogen-bond acceptors (Lipinski definition) is 2.